The highest BCUT2D eigenvalue weighted by Crippen LogP contribution is 2.34. The lowest BCUT2D eigenvalue weighted by Gasteiger charge is -2.42. The van der Waals surface area contributed by atoms with Crippen molar-refractivity contribution in [2.24, 2.45) is 11.1 Å². The Morgan fingerprint density at radius 3 is 2.54 bits per heavy atom. The Bertz CT molecular complexity index is 715. The van der Waals surface area contributed by atoms with E-state index in [0.717, 1.165) is 42.9 Å². The largest absolute Gasteiger partial charge is 0.426 e. The van der Waals surface area contributed by atoms with Gasteiger partial charge in [-0.1, -0.05) is 23.4 Å². The third-order valence-corrected chi connectivity index (χ3v) is 4.22. The normalized spacial score (nSPS) is 20.5. The second-order valence-electron chi connectivity index (χ2n) is 5.98. The van der Waals surface area contributed by atoms with Crippen molar-refractivity contribution in [3.63, 3.8) is 0 Å². The maximum atomic E-state index is 11.3. The van der Waals surface area contributed by atoms with Crippen LogP contribution in [0.3, 0.4) is 0 Å². The van der Waals surface area contributed by atoms with Gasteiger partial charge < -0.3 is 14.5 Å². The molecule has 126 valence electrons. The van der Waals surface area contributed by atoms with E-state index in [-0.39, 0.29) is 5.97 Å². The third kappa shape index (κ3) is 3.48. The van der Waals surface area contributed by atoms with E-state index >= 15 is 0 Å². The van der Waals surface area contributed by atoms with Crippen molar-refractivity contribution in [1.82, 2.24) is 4.90 Å². The van der Waals surface area contributed by atoms with Crippen LogP contribution in [-0.4, -0.2) is 35.6 Å². The van der Waals surface area contributed by atoms with Crippen molar-refractivity contribution in [3.8, 4) is 5.75 Å². The fourth-order valence-electron chi connectivity index (χ4n) is 3.16. The molecular formula is C18H20N2O4. The van der Waals surface area contributed by atoms with Gasteiger partial charge in [0.1, 0.15) is 11.5 Å². The van der Waals surface area contributed by atoms with Crippen molar-refractivity contribution in [3.05, 3.63) is 35.5 Å². The summed E-state index contributed by atoms with van der Waals surface area (Å²) in [6.45, 7) is 4.62. The number of hydrogen-bond donors (Lipinski definition) is 0. The Labute approximate surface area is 140 Å². The Kier molecular flexibility index (Phi) is 4.64. The molecule has 0 aliphatic carbocycles. The summed E-state index contributed by atoms with van der Waals surface area (Å²) in [6, 6.07) is 7.35. The molecule has 6 nitrogen and oxygen atoms in total. The van der Waals surface area contributed by atoms with Crippen LogP contribution in [0.15, 0.2) is 35.1 Å². The summed E-state index contributed by atoms with van der Waals surface area (Å²) in [7, 11) is 0. The summed E-state index contributed by atoms with van der Waals surface area (Å²) in [5, 5.41) is 4.08. The van der Waals surface area contributed by atoms with E-state index in [9.17, 15) is 9.59 Å². The second-order valence-corrected chi connectivity index (χ2v) is 5.98. The number of piperidine rings is 3. The maximum absolute atomic E-state index is 11.3. The molecule has 0 amide bonds. The minimum atomic E-state index is -0.432. The summed E-state index contributed by atoms with van der Waals surface area (Å²) < 4.78 is 5.27. The molecule has 3 aliphatic rings. The smallest absolute Gasteiger partial charge is 0.331 e. The van der Waals surface area contributed by atoms with Crippen molar-refractivity contribution in [2.75, 3.05) is 13.1 Å². The van der Waals surface area contributed by atoms with Crippen LogP contribution < -0.4 is 4.74 Å². The van der Waals surface area contributed by atoms with Gasteiger partial charge in [-0.05, 0) is 25.0 Å². The molecule has 0 aromatic heterocycles. The average molecular weight is 328 g/mol. The molecule has 0 spiro atoms. The van der Waals surface area contributed by atoms with Crippen LogP contribution in [0.2, 0.25) is 0 Å². The van der Waals surface area contributed by atoms with E-state index in [4.69, 9.17) is 9.57 Å². The number of benzene rings is 1. The van der Waals surface area contributed by atoms with Gasteiger partial charge in [0.25, 0.3) is 0 Å². The summed E-state index contributed by atoms with van der Waals surface area (Å²) in [6.07, 6.45) is 3.96. The summed E-state index contributed by atoms with van der Waals surface area (Å²) in [4.78, 5) is 29.5. The van der Waals surface area contributed by atoms with Gasteiger partial charge in [0, 0.05) is 38.4 Å². The molecule has 0 unspecified atom stereocenters. The highest BCUT2D eigenvalue weighted by Gasteiger charge is 2.35. The van der Waals surface area contributed by atoms with E-state index in [1.54, 1.807) is 6.07 Å². The molecule has 3 heterocycles. The Hall–Kier alpha value is -2.63. The monoisotopic (exact) mass is 328 g/mol. The molecule has 3 saturated heterocycles. The highest BCUT2D eigenvalue weighted by atomic mass is 16.7. The van der Waals surface area contributed by atoms with Gasteiger partial charge in [-0.3, -0.25) is 4.79 Å². The number of para-hydroxylation sites is 1. The predicted molar refractivity (Wildman–Crippen MR) is 89.2 cm³/mol. The molecule has 1 aromatic carbocycles. The van der Waals surface area contributed by atoms with Crippen LogP contribution in [0.5, 0.6) is 5.75 Å². The Balaban J connectivity index is 1.99. The molecule has 3 fully saturated rings. The van der Waals surface area contributed by atoms with Gasteiger partial charge in [0.2, 0.25) is 0 Å². The minimum Gasteiger partial charge on any atom is -0.426 e. The van der Waals surface area contributed by atoms with Crippen LogP contribution >= 0.6 is 0 Å². The summed E-state index contributed by atoms with van der Waals surface area (Å²) in [5.74, 6) is 0.00667. The van der Waals surface area contributed by atoms with Gasteiger partial charge in [0.15, 0.2) is 0 Å². The van der Waals surface area contributed by atoms with E-state index < -0.39 is 5.97 Å². The van der Waals surface area contributed by atoms with Crippen LogP contribution in [0.25, 0.3) is 6.08 Å². The number of fused-ring (bicyclic) bond motifs is 3. The number of esters is 1. The number of oxime groups is 1. The highest BCUT2D eigenvalue weighted by molar-refractivity contribution is 6.06. The topological polar surface area (TPSA) is 68.2 Å². The van der Waals surface area contributed by atoms with Crippen LogP contribution in [0.1, 0.15) is 32.3 Å². The van der Waals surface area contributed by atoms with Crippen LogP contribution in [0, 0.1) is 5.92 Å². The van der Waals surface area contributed by atoms with Gasteiger partial charge >= 0.3 is 11.9 Å². The molecule has 0 saturated carbocycles. The van der Waals surface area contributed by atoms with Gasteiger partial charge in [-0.2, -0.15) is 0 Å². The first-order valence-corrected chi connectivity index (χ1v) is 8.04. The number of hydrogen-bond acceptors (Lipinski definition) is 6. The van der Waals surface area contributed by atoms with Crippen LogP contribution in [0.4, 0.5) is 0 Å². The number of allylic oxidation sites excluding steroid dienone is 1. The summed E-state index contributed by atoms with van der Waals surface area (Å²) >= 11 is 0. The molecule has 0 radical (unpaired) electrons. The van der Waals surface area contributed by atoms with Crippen molar-refractivity contribution < 1.29 is 19.2 Å². The van der Waals surface area contributed by atoms with E-state index in [2.05, 4.69) is 10.1 Å². The number of carbonyl (C=O) groups is 2. The SMILES string of the molecule is CC(=O)O/N=C1\C(=C/c2ccccc2OC(C)=O)N2CCC1CC2. The Morgan fingerprint density at radius 2 is 1.88 bits per heavy atom. The summed E-state index contributed by atoms with van der Waals surface area (Å²) in [5.41, 5.74) is 2.52. The first-order chi connectivity index (χ1) is 11.5. The number of carbonyl (C=O) groups excluding carboxylic acids is 2. The van der Waals surface area contributed by atoms with E-state index in [1.807, 2.05) is 24.3 Å². The van der Waals surface area contributed by atoms with E-state index in [0.29, 0.717) is 11.7 Å². The standard InChI is InChI=1S/C18H20N2O4/c1-12(21)23-17-6-4-3-5-15(17)11-16-18(19-24-13(2)22)14-7-9-20(16)10-8-14/h3-6,11,14H,7-10H2,1-2H3/b16-11+,19-18-. The fraction of sp³-hybridized carbons (Fsp3) is 0.389. The fourth-order valence-corrected chi connectivity index (χ4v) is 3.16. The first kappa shape index (κ1) is 16.2. The second kappa shape index (κ2) is 6.86. The van der Waals surface area contributed by atoms with Crippen molar-refractivity contribution in [2.45, 2.75) is 26.7 Å². The molecule has 4 rings (SSSR count). The van der Waals surface area contributed by atoms with Crippen molar-refractivity contribution >= 4 is 23.7 Å². The molecule has 6 heteroatoms. The van der Waals surface area contributed by atoms with Gasteiger partial charge in [0.05, 0.1) is 5.70 Å². The molecular weight excluding hydrogens is 308 g/mol. The van der Waals surface area contributed by atoms with Gasteiger partial charge in [-0.15, -0.1) is 0 Å². The zero-order chi connectivity index (χ0) is 17.1. The number of nitrogens with zero attached hydrogens (tertiary/aromatic N) is 2. The average Bonchev–Trinajstić information content (AvgIpc) is 2.56. The lowest BCUT2D eigenvalue weighted by atomic mass is 9.83. The third-order valence-electron chi connectivity index (χ3n) is 4.22. The van der Waals surface area contributed by atoms with Gasteiger partial charge in [-0.25, -0.2) is 4.79 Å². The Morgan fingerprint density at radius 1 is 1.17 bits per heavy atom. The molecule has 3 aliphatic heterocycles. The predicted octanol–water partition coefficient (Wildman–Crippen LogP) is 2.60. The number of ether oxygens (including phenoxy) is 1. The van der Waals surface area contributed by atoms with Crippen LogP contribution in [-0.2, 0) is 14.4 Å². The molecule has 1 aromatic rings. The lowest BCUT2D eigenvalue weighted by molar-refractivity contribution is -0.141. The lowest BCUT2D eigenvalue weighted by Crippen LogP contribution is -2.46. The first-order valence-electron chi connectivity index (χ1n) is 8.04. The number of rotatable bonds is 3. The van der Waals surface area contributed by atoms with E-state index in [1.165, 1.54) is 13.8 Å². The van der Waals surface area contributed by atoms with Crippen molar-refractivity contribution in [1.29, 1.82) is 0 Å². The molecule has 0 N–H and O–H groups in total. The maximum Gasteiger partial charge on any atom is 0.331 e. The minimum absolute atomic E-state index is 0.293. The molecule has 2 bridgehead atoms. The molecule has 24 heavy (non-hydrogen) atoms. The zero-order valence-electron chi connectivity index (χ0n) is 13.8. The quantitative estimate of drug-likeness (QED) is 0.369. The molecule has 0 atom stereocenters. The zero-order valence-corrected chi connectivity index (χ0v) is 13.8.